The second-order valence-electron chi connectivity index (χ2n) is 7.77. The second kappa shape index (κ2) is 9.57. The van der Waals surface area contributed by atoms with E-state index in [1.165, 1.54) is 5.56 Å². The van der Waals surface area contributed by atoms with Crippen molar-refractivity contribution < 1.29 is 14.6 Å². The van der Waals surface area contributed by atoms with Gasteiger partial charge in [-0.05, 0) is 49.2 Å². The summed E-state index contributed by atoms with van der Waals surface area (Å²) in [4.78, 5) is 12.2. The molecule has 1 N–H and O–H groups in total. The van der Waals surface area contributed by atoms with Crippen LogP contribution in [0.1, 0.15) is 30.2 Å². The van der Waals surface area contributed by atoms with Crippen molar-refractivity contribution in [1.82, 2.24) is 9.78 Å². The Bertz CT molecular complexity index is 1290. The largest absolute Gasteiger partial charge is 0.497 e. The highest BCUT2D eigenvalue weighted by Crippen LogP contribution is 2.33. The van der Waals surface area contributed by atoms with Crippen molar-refractivity contribution in [2.75, 3.05) is 7.11 Å². The smallest absolute Gasteiger partial charge is 0.332 e. The summed E-state index contributed by atoms with van der Waals surface area (Å²) in [7, 11) is 1.63. The molecule has 5 heteroatoms. The number of aryl methyl sites for hydroxylation is 1. The number of nitrogens with zero attached hydrogens (tertiary/aromatic N) is 2. The number of carboxylic acid groups (broad SMARTS) is 1. The van der Waals surface area contributed by atoms with Gasteiger partial charge in [-0.15, -0.1) is 0 Å². The number of hydrogen-bond donors (Lipinski definition) is 1. The van der Waals surface area contributed by atoms with Gasteiger partial charge in [0, 0.05) is 16.7 Å². The summed E-state index contributed by atoms with van der Waals surface area (Å²) in [5, 5.41) is 14.9. The van der Waals surface area contributed by atoms with Crippen LogP contribution in [0.3, 0.4) is 0 Å². The Labute approximate surface area is 193 Å². The van der Waals surface area contributed by atoms with Gasteiger partial charge in [-0.2, -0.15) is 5.10 Å². The molecule has 0 aliphatic rings. The fourth-order valence-electron chi connectivity index (χ4n) is 3.87. The van der Waals surface area contributed by atoms with Crippen molar-refractivity contribution in [3.05, 3.63) is 107 Å². The molecule has 0 spiro atoms. The third-order valence-corrected chi connectivity index (χ3v) is 5.61. The van der Waals surface area contributed by atoms with Crippen LogP contribution in [0.4, 0.5) is 0 Å². The van der Waals surface area contributed by atoms with Crippen molar-refractivity contribution in [2.45, 2.75) is 20.3 Å². The van der Waals surface area contributed by atoms with E-state index in [1.807, 2.05) is 79.2 Å². The maximum atomic E-state index is 12.2. The lowest BCUT2D eigenvalue weighted by Crippen LogP contribution is -2.06. The molecule has 4 aromatic rings. The van der Waals surface area contributed by atoms with Gasteiger partial charge in [0.1, 0.15) is 5.75 Å². The molecule has 0 amide bonds. The fourth-order valence-corrected chi connectivity index (χ4v) is 3.87. The van der Waals surface area contributed by atoms with E-state index in [1.54, 1.807) is 7.11 Å². The first kappa shape index (κ1) is 22.1. The summed E-state index contributed by atoms with van der Waals surface area (Å²) >= 11 is 0. The summed E-state index contributed by atoms with van der Waals surface area (Å²) in [6.07, 6.45) is 0.384. The minimum atomic E-state index is -0.938. The number of aromatic nitrogens is 2. The number of benzene rings is 3. The van der Waals surface area contributed by atoms with E-state index in [0.717, 1.165) is 28.3 Å². The zero-order valence-corrected chi connectivity index (χ0v) is 18.9. The van der Waals surface area contributed by atoms with Gasteiger partial charge in [-0.1, -0.05) is 67.1 Å². The number of carbonyl (C=O) groups is 1. The molecule has 1 aromatic heterocycles. The quantitative estimate of drug-likeness (QED) is 0.351. The van der Waals surface area contributed by atoms with E-state index in [4.69, 9.17) is 9.84 Å². The molecule has 0 unspecified atom stereocenters. The summed E-state index contributed by atoms with van der Waals surface area (Å²) in [5.41, 5.74) is 6.30. The van der Waals surface area contributed by atoms with Crippen LogP contribution in [-0.2, 0) is 4.79 Å². The first-order valence-corrected chi connectivity index (χ1v) is 10.9. The van der Waals surface area contributed by atoms with Gasteiger partial charge < -0.3 is 9.84 Å². The first-order chi connectivity index (χ1) is 16.0. The number of methoxy groups -OCH3 is 1. The van der Waals surface area contributed by atoms with Crippen LogP contribution < -0.4 is 4.74 Å². The van der Waals surface area contributed by atoms with Gasteiger partial charge in [0.15, 0.2) is 0 Å². The van der Waals surface area contributed by atoms with E-state index >= 15 is 0 Å². The molecule has 166 valence electrons. The zero-order chi connectivity index (χ0) is 23.4. The minimum absolute atomic E-state index is 0.330. The molecule has 5 nitrogen and oxygen atoms in total. The van der Waals surface area contributed by atoms with Crippen LogP contribution in [0.15, 0.2) is 90.5 Å². The highest BCUT2D eigenvalue weighted by molar-refractivity contribution is 6.00. The number of aliphatic carboxylic acids is 1. The van der Waals surface area contributed by atoms with E-state index < -0.39 is 5.97 Å². The Morgan fingerprint density at radius 2 is 1.64 bits per heavy atom. The molecule has 0 atom stereocenters. The maximum absolute atomic E-state index is 12.2. The SMILES string of the molecule is CCC(C(=O)O)=C(c1ccccc1)c1cc(-c2ccc(C)cc2)n(-c2ccc(OC)cc2)n1. The average Bonchev–Trinajstić information content (AvgIpc) is 3.28. The fraction of sp³-hybridized carbons (Fsp3) is 0.143. The molecule has 0 aliphatic heterocycles. The normalized spacial score (nSPS) is 11.7. The van der Waals surface area contributed by atoms with Gasteiger partial charge in [0.2, 0.25) is 0 Å². The lowest BCUT2D eigenvalue weighted by molar-refractivity contribution is -0.132. The second-order valence-corrected chi connectivity index (χ2v) is 7.77. The third-order valence-electron chi connectivity index (χ3n) is 5.61. The molecule has 4 rings (SSSR count). The van der Waals surface area contributed by atoms with Crippen LogP contribution in [-0.4, -0.2) is 28.0 Å². The summed E-state index contributed by atoms with van der Waals surface area (Å²) in [6, 6.07) is 27.4. The minimum Gasteiger partial charge on any atom is -0.497 e. The summed E-state index contributed by atoms with van der Waals surface area (Å²) in [5.74, 6) is -0.181. The lowest BCUT2D eigenvalue weighted by Gasteiger charge is -2.10. The summed E-state index contributed by atoms with van der Waals surface area (Å²) < 4.78 is 7.16. The van der Waals surface area contributed by atoms with Crippen LogP contribution >= 0.6 is 0 Å². The van der Waals surface area contributed by atoms with Crippen LogP contribution in [0, 0.1) is 6.92 Å². The Balaban J connectivity index is 1.98. The monoisotopic (exact) mass is 438 g/mol. The molecular formula is C28H26N2O3. The number of hydrogen-bond acceptors (Lipinski definition) is 3. The predicted molar refractivity (Wildman–Crippen MR) is 131 cm³/mol. The summed E-state index contributed by atoms with van der Waals surface area (Å²) in [6.45, 7) is 3.90. The highest BCUT2D eigenvalue weighted by atomic mass is 16.5. The van der Waals surface area contributed by atoms with Crippen LogP contribution in [0.5, 0.6) is 5.75 Å². The van der Waals surface area contributed by atoms with Crippen molar-refractivity contribution in [2.24, 2.45) is 0 Å². The maximum Gasteiger partial charge on any atom is 0.332 e. The zero-order valence-electron chi connectivity index (χ0n) is 18.9. The molecule has 3 aromatic carbocycles. The standard InChI is InChI=1S/C28H26N2O3/c1-4-24(28(31)32)27(21-8-6-5-7-9-21)25-18-26(20-12-10-19(2)11-13-20)30(29-25)22-14-16-23(33-3)17-15-22/h5-18H,4H2,1-3H3,(H,31,32). The molecule has 0 bridgehead atoms. The first-order valence-electron chi connectivity index (χ1n) is 10.9. The number of rotatable bonds is 7. The van der Waals surface area contributed by atoms with Gasteiger partial charge in [0.05, 0.1) is 24.2 Å². The molecule has 1 heterocycles. The third kappa shape index (κ3) is 4.58. The molecule has 0 radical (unpaired) electrons. The molecule has 0 saturated heterocycles. The van der Waals surface area contributed by atoms with Gasteiger partial charge in [-0.25, -0.2) is 9.48 Å². The van der Waals surface area contributed by atoms with Crippen LogP contribution in [0.25, 0.3) is 22.5 Å². The Morgan fingerprint density at radius 1 is 0.970 bits per heavy atom. The topological polar surface area (TPSA) is 64.3 Å². The lowest BCUT2D eigenvalue weighted by atomic mass is 9.95. The molecule has 0 saturated carbocycles. The molecular weight excluding hydrogens is 412 g/mol. The molecule has 0 fully saturated rings. The average molecular weight is 439 g/mol. The predicted octanol–water partition coefficient (Wildman–Crippen LogP) is 6.15. The van der Waals surface area contributed by atoms with E-state index in [9.17, 15) is 9.90 Å². The number of carboxylic acids is 1. The molecule has 0 aliphatic carbocycles. The number of ether oxygens (including phenoxy) is 1. The van der Waals surface area contributed by atoms with E-state index in [2.05, 4.69) is 24.3 Å². The van der Waals surface area contributed by atoms with Gasteiger partial charge in [-0.3, -0.25) is 0 Å². The van der Waals surface area contributed by atoms with Gasteiger partial charge >= 0.3 is 5.97 Å². The Morgan fingerprint density at radius 3 is 2.21 bits per heavy atom. The highest BCUT2D eigenvalue weighted by Gasteiger charge is 2.21. The Hall–Kier alpha value is -4.12. The van der Waals surface area contributed by atoms with Crippen molar-refractivity contribution in [3.8, 4) is 22.7 Å². The van der Waals surface area contributed by atoms with Crippen molar-refractivity contribution in [1.29, 1.82) is 0 Å². The van der Waals surface area contributed by atoms with Crippen molar-refractivity contribution >= 4 is 11.5 Å². The van der Waals surface area contributed by atoms with Crippen LogP contribution in [0.2, 0.25) is 0 Å². The van der Waals surface area contributed by atoms with E-state index in [0.29, 0.717) is 23.3 Å². The van der Waals surface area contributed by atoms with Crippen molar-refractivity contribution in [3.63, 3.8) is 0 Å². The van der Waals surface area contributed by atoms with E-state index in [-0.39, 0.29) is 0 Å². The molecule has 33 heavy (non-hydrogen) atoms. The Kier molecular flexibility index (Phi) is 6.41. The van der Waals surface area contributed by atoms with Gasteiger partial charge in [0.25, 0.3) is 0 Å².